The van der Waals surface area contributed by atoms with Gasteiger partial charge in [-0.25, -0.2) is 10.4 Å². The number of benzene rings is 2. The summed E-state index contributed by atoms with van der Waals surface area (Å²) in [6, 6.07) is 12.7. The Morgan fingerprint density at radius 3 is 2.57 bits per heavy atom. The number of hydrogen-bond acceptors (Lipinski definition) is 8. The fraction of sp³-hybridized carbons (Fsp3) is 0.167. The first-order valence-corrected chi connectivity index (χ1v) is 11.4. The van der Waals surface area contributed by atoms with E-state index in [1.54, 1.807) is 18.2 Å². The van der Waals surface area contributed by atoms with Crippen molar-refractivity contribution in [2.75, 3.05) is 7.11 Å². The van der Waals surface area contributed by atoms with Crippen molar-refractivity contribution in [3.63, 3.8) is 0 Å². The topological polar surface area (TPSA) is 131 Å². The molecule has 0 atom stereocenters. The molecular formula is C24H18F3N5O4S. The fourth-order valence-corrected chi connectivity index (χ4v) is 4.16. The van der Waals surface area contributed by atoms with Gasteiger partial charge in [0.05, 0.1) is 23.8 Å². The van der Waals surface area contributed by atoms with Gasteiger partial charge in [-0.2, -0.15) is 23.5 Å². The van der Waals surface area contributed by atoms with Crippen LogP contribution in [0.1, 0.15) is 38.3 Å². The van der Waals surface area contributed by atoms with Crippen LogP contribution >= 0.6 is 11.8 Å². The minimum absolute atomic E-state index is 0.0497. The number of rotatable bonds is 8. The SMILES string of the molecule is COc1ccc(C=NNC(=O)c2ccc([N+](=O)[O-])cc2)cc1CSc1nc(C(F)(F)F)cc(C)c1C#N. The van der Waals surface area contributed by atoms with Gasteiger partial charge in [0.25, 0.3) is 11.6 Å². The summed E-state index contributed by atoms with van der Waals surface area (Å²) in [5.74, 6) is 0.0230. The Kier molecular flexibility index (Phi) is 8.46. The summed E-state index contributed by atoms with van der Waals surface area (Å²) in [4.78, 5) is 26.0. The van der Waals surface area contributed by atoms with E-state index in [0.29, 0.717) is 16.9 Å². The second kappa shape index (κ2) is 11.5. The molecule has 3 rings (SSSR count). The first kappa shape index (κ1) is 27.2. The number of carbonyl (C=O) groups is 1. The van der Waals surface area contributed by atoms with Crippen molar-refractivity contribution >= 4 is 29.6 Å². The minimum Gasteiger partial charge on any atom is -0.496 e. The normalized spacial score (nSPS) is 11.2. The number of halogens is 3. The molecule has 9 nitrogen and oxygen atoms in total. The van der Waals surface area contributed by atoms with E-state index in [1.807, 2.05) is 6.07 Å². The minimum atomic E-state index is -4.65. The molecule has 0 spiro atoms. The van der Waals surface area contributed by atoms with Crippen molar-refractivity contribution in [2.24, 2.45) is 5.10 Å². The Morgan fingerprint density at radius 1 is 1.27 bits per heavy atom. The molecule has 1 aromatic heterocycles. The van der Waals surface area contributed by atoms with Crippen LogP contribution in [0.4, 0.5) is 18.9 Å². The average Bonchev–Trinajstić information content (AvgIpc) is 2.86. The van der Waals surface area contributed by atoms with Crippen LogP contribution in [-0.4, -0.2) is 29.1 Å². The third kappa shape index (κ3) is 6.83. The van der Waals surface area contributed by atoms with E-state index in [1.165, 1.54) is 44.5 Å². The lowest BCUT2D eigenvalue weighted by Crippen LogP contribution is -2.17. The number of carbonyl (C=O) groups excluding carboxylic acids is 1. The summed E-state index contributed by atoms with van der Waals surface area (Å²) >= 11 is 0.961. The van der Waals surface area contributed by atoms with Crippen molar-refractivity contribution in [2.45, 2.75) is 23.9 Å². The molecule has 0 aliphatic heterocycles. The van der Waals surface area contributed by atoms with E-state index in [-0.39, 0.29) is 33.2 Å². The number of ether oxygens (including phenoxy) is 1. The van der Waals surface area contributed by atoms with Gasteiger partial charge in [0.15, 0.2) is 0 Å². The zero-order valence-electron chi connectivity index (χ0n) is 19.4. The Labute approximate surface area is 213 Å². The van der Waals surface area contributed by atoms with Gasteiger partial charge in [-0.05, 0) is 54.4 Å². The van der Waals surface area contributed by atoms with E-state index in [4.69, 9.17) is 4.74 Å². The average molecular weight is 530 g/mol. The number of aromatic nitrogens is 1. The van der Waals surface area contributed by atoms with E-state index in [9.17, 15) is 33.3 Å². The lowest BCUT2D eigenvalue weighted by molar-refractivity contribution is -0.384. The molecule has 0 bridgehead atoms. The number of pyridine rings is 1. The number of nitro benzene ring substituents is 1. The third-order valence-electron chi connectivity index (χ3n) is 4.97. The van der Waals surface area contributed by atoms with Gasteiger partial charge in [-0.3, -0.25) is 14.9 Å². The predicted octanol–water partition coefficient (Wildman–Crippen LogP) is 5.25. The molecule has 2 aromatic carbocycles. The predicted molar refractivity (Wildman–Crippen MR) is 129 cm³/mol. The van der Waals surface area contributed by atoms with E-state index in [0.717, 1.165) is 17.8 Å². The Balaban J connectivity index is 1.76. The highest BCUT2D eigenvalue weighted by Crippen LogP contribution is 2.35. The Bertz CT molecular complexity index is 1400. The van der Waals surface area contributed by atoms with Crippen molar-refractivity contribution < 1.29 is 27.6 Å². The molecule has 13 heteroatoms. The lowest BCUT2D eigenvalue weighted by atomic mass is 10.1. The lowest BCUT2D eigenvalue weighted by Gasteiger charge is -2.13. The maximum Gasteiger partial charge on any atom is 0.433 e. The van der Waals surface area contributed by atoms with Crippen molar-refractivity contribution in [1.29, 1.82) is 5.26 Å². The zero-order valence-corrected chi connectivity index (χ0v) is 20.2. The molecule has 0 unspecified atom stereocenters. The molecule has 37 heavy (non-hydrogen) atoms. The van der Waals surface area contributed by atoms with Crippen molar-refractivity contribution in [3.05, 3.63) is 92.2 Å². The van der Waals surface area contributed by atoms with Crippen LogP contribution in [0.25, 0.3) is 0 Å². The highest BCUT2D eigenvalue weighted by Gasteiger charge is 2.34. The van der Waals surface area contributed by atoms with Crippen LogP contribution < -0.4 is 10.2 Å². The second-order valence-electron chi connectivity index (χ2n) is 7.48. The number of nitro groups is 1. The quantitative estimate of drug-likeness (QED) is 0.182. The molecule has 1 amide bonds. The first-order valence-electron chi connectivity index (χ1n) is 10.4. The number of nitriles is 1. The van der Waals surface area contributed by atoms with E-state index in [2.05, 4.69) is 15.5 Å². The number of nitrogens with zero attached hydrogens (tertiary/aromatic N) is 4. The van der Waals surface area contributed by atoms with Gasteiger partial charge in [-0.1, -0.05) is 0 Å². The van der Waals surface area contributed by atoms with Gasteiger partial charge in [0, 0.05) is 29.0 Å². The fourth-order valence-electron chi connectivity index (χ4n) is 3.13. The summed E-state index contributed by atoms with van der Waals surface area (Å²) < 4.78 is 44.9. The van der Waals surface area contributed by atoms with Crippen LogP contribution in [0, 0.1) is 28.4 Å². The summed E-state index contributed by atoms with van der Waals surface area (Å²) in [7, 11) is 1.44. The first-order chi connectivity index (χ1) is 17.5. The number of hydrazone groups is 1. The van der Waals surface area contributed by atoms with E-state index < -0.39 is 22.7 Å². The van der Waals surface area contributed by atoms with E-state index >= 15 is 0 Å². The molecule has 0 fully saturated rings. The number of hydrogen-bond donors (Lipinski definition) is 1. The Morgan fingerprint density at radius 2 is 1.97 bits per heavy atom. The van der Waals surface area contributed by atoms with Gasteiger partial charge < -0.3 is 4.74 Å². The molecule has 0 radical (unpaired) electrons. The third-order valence-corrected chi connectivity index (χ3v) is 6.00. The zero-order chi connectivity index (χ0) is 27.2. The highest BCUT2D eigenvalue weighted by molar-refractivity contribution is 7.98. The number of thioether (sulfide) groups is 1. The van der Waals surface area contributed by atoms with Gasteiger partial charge in [-0.15, -0.1) is 11.8 Å². The van der Waals surface area contributed by atoms with Gasteiger partial charge in [0.2, 0.25) is 0 Å². The monoisotopic (exact) mass is 529 g/mol. The van der Waals surface area contributed by atoms with Crippen molar-refractivity contribution in [3.8, 4) is 11.8 Å². The molecule has 3 aromatic rings. The maximum atomic E-state index is 13.2. The molecule has 0 saturated heterocycles. The maximum absolute atomic E-state index is 13.2. The molecular weight excluding hydrogens is 511 g/mol. The molecule has 190 valence electrons. The second-order valence-corrected chi connectivity index (χ2v) is 8.44. The largest absolute Gasteiger partial charge is 0.496 e. The molecule has 1 heterocycles. The van der Waals surface area contributed by atoms with Crippen LogP contribution in [0.15, 0.2) is 58.7 Å². The number of methoxy groups -OCH3 is 1. The molecule has 0 aliphatic rings. The number of nitrogens with one attached hydrogen (secondary N) is 1. The smallest absolute Gasteiger partial charge is 0.433 e. The van der Waals surface area contributed by atoms with Crippen LogP contribution in [0.2, 0.25) is 0 Å². The van der Waals surface area contributed by atoms with Crippen LogP contribution in [0.5, 0.6) is 5.75 Å². The van der Waals surface area contributed by atoms with Gasteiger partial charge >= 0.3 is 6.18 Å². The number of aryl methyl sites for hydroxylation is 1. The molecule has 1 N–H and O–H groups in total. The summed E-state index contributed by atoms with van der Waals surface area (Å²) in [6.07, 6.45) is -3.30. The van der Waals surface area contributed by atoms with Crippen LogP contribution in [-0.2, 0) is 11.9 Å². The number of alkyl halides is 3. The highest BCUT2D eigenvalue weighted by atomic mass is 32.2. The van der Waals surface area contributed by atoms with Crippen molar-refractivity contribution in [1.82, 2.24) is 10.4 Å². The molecule has 0 saturated carbocycles. The summed E-state index contributed by atoms with van der Waals surface area (Å²) in [5, 5.41) is 24.0. The Hall–Kier alpha value is -4.44. The molecule has 0 aliphatic carbocycles. The summed E-state index contributed by atoms with van der Waals surface area (Å²) in [6.45, 7) is 1.42. The van der Waals surface area contributed by atoms with Crippen LogP contribution in [0.3, 0.4) is 0 Å². The summed E-state index contributed by atoms with van der Waals surface area (Å²) in [5.41, 5.74) is 2.63. The van der Waals surface area contributed by atoms with Gasteiger partial charge in [0.1, 0.15) is 22.5 Å². The standard InChI is InChI=1S/C24H18F3N5O4S/c1-14-9-21(24(25,26)27)30-23(19(14)11-28)37-13-17-10-15(3-8-20(17)36-2)12-29-31-22(33)16-4-6-18(7-5-16)32(34)35/h3-10,12H,13H2,1-2H3,(H,31,33). The number of non-ortho nitro benzene ring substituents is 1. The number of amides is 1.